The van der Waals surface area contributed by atoms with Crippen LogP contribution in [0.5, 0.6) is 5.75 Å². The van der Waals surface area contributed by atoms with Gasteiger partial charge in [0.15, 0.2) is 0 Å². The maximum atomic E-state index is 12.8. The lowest BCUT2D eigenvalue weighted by Gasteiger charge is -2.31. The van der Waals surface area contributed by atoms with E-state index in [2.05, 4.69) is 28.5 Å². The highest BCUT2D eigenvalue weighted by molar-refractivity contribution is 5.93. The summed E-state index contributed by atoms with van der Waals surface area (Å²) >= 11 is 0. The summed E-state index contributed by atoms with van der Waals surface area (Å²) in [5.74, 6) is 1.51. The van der Waals surface area contributed by atoms with Crippen molar-refractivity contribution < 1.29 is 14.1 Å². The van der Waals surface area contributed by atoms with Gasteiger partial charge in [-0.1, -0.05) is 54.8 Å². The zero-order valence-electron chi connectivity index (χ0n) is 20.5. The van der Waals surface area contributed by atoms with E-state index in [1.807, 2.05) is 56.3 Å². The molecule has 0 atom stereocenters. The van der Waals surface area contributed by atoms with Crippen LogP contribution in [0.2, 0.25) is 0 Å². The molecule has 1 saturated carbocycles. The van der Waals surface area contributed by atoms with Gasteiger partial charge < -0.3 is 14.6 Å². The molecule has 1 amide bonds. The van der Waals surface area contributed by atoms with E-state index >= 15 is 0 Å². The molecule has 6 nitrogen and oxygen atoms in total. The summed E-state index contributed by atoms with van der Waals surface area (Å²) in [6.07, 6.45) is 6.84. The first kappa shape index (κ1) is 24.0. The molecule has 34 heavy (non-hydrogen) atoms. The summed E-state index contributed by atoms with van der Waals surface area (Å²) in [5.41, 5.74) is 4.81. The van der Waals surface area contributed by atoms with Crippen LogP contribution >= 0.6 is 0 Å². The van der Waals surface area contributed by atoms with Crippen LogP contribution in [0.25, 0.3) is 0 Å². The van der Waals surface area contributed by atoms with Gasteiger partial charge in [0.1, 0.15) is 18.1 Å². The molecule has 1 heterocycles. The highest BCUT2D eigenvalue weighted by Gasteiger charge is 2.19. The highest BCUT2D eigenvalue weighted by atomic mass is 16.5. The van der Waals surface area contributed by atoms with Crippen LogP contribution in [0, 0.1) is 13.8 Å². The minimum absolute atomic E-state index is 0.0165. The minimum Gasteiger partial charge on any atom is -0.489 e. The van der Waals surface area contributed by atoms with Gasteiger partial charge >= 0.3 is 0 Å². The van der Waals surface area contributed by atoms with Crippen molar-refractivity contribution in [3.05, 3.63) is 76.7 Å². The summed E-state index contributed by atoms with van der Waals surface area (Å²) in [5, 5.41) is 7.08. The van der Waals surface area contributed by atoms with Gasteiger partial charge in [-0.2, -0.15) is 0 Å². The molecule has 1 aromatic heterocycles. The molecular formula is C28H35N3O3. The molecule has 0 bridgehead atoms. The summed E-state index contributed by atoms with van der Waals surface area (Å²) in [6.45, 7) is 5.04. The third-order valence-corrected chi connectivity index (χ3v) is 6.76. The summed E-state index contributed by atoms with van der Waals surface area (Å²) in [7, 11) is 2.20. The zero-order valence-corrected chi connectivity index (χ0v) is 20.5. The Morgan fingerprint density at radius 1 is 1.09 bits per heavy atom. The molecule has 1 aliphatic carbocycles. The second kappa shape index (κ2) is 11.3. The summed E-state index contributed by atoms with van der Waals surface area (Å²) < 4.78 is 11.0. The summed E-state index contributed by atoms with van der Waals surface area (Å²) in [6, 6.07) is 16.4. The number of aryl methyl sites for hydroxylation is 2. The molecule has 0 saturated heterocycles. The Hall–Kier alpha value is -3.12. The molecule has 4 rings (SSSR count). The first-order valence-corrected chi connectivity index (χ1v) is 12.2. The van der Waals surface area contributed by atoms with Gasteiger partial charge in [-0.05, 0) is 63.1 Å². The third-order valence-electron chi connectivity index (χ3n) is 6.76. The Balaban J connectivity index is 1.31. The number of rotatable bonds is 9. The van der Waals surface area contributed by atoms with Gasteiger partial charge in [0, 0.05) is 18.3 Å². The number of nitrogens with zero attached hydrogens (tertiary/aromatic N) is 2. The van der Waals surface area contributed by atoms with Gasteiger partial charge in [-0.25, -0.2) is 0 Å². The van der Waals surface area contributed by atoms with E-state index < -0.39 is 0 Å². The molecule has 1 N–H and O–H groups in total. The lowest BCUT2D eigenvalue weighted by Crippen LogP contribution is -2.33. The molecule has 1 fully saturated rings. The molecule has 0 aliphatic heterocycles. The van der Waals surface area contributed by atoms with Crippen LogP contribution in [-0.4, -0.2) is 29.1 Å². The van der Waals surface area contributed by atoms with Crippen LogP contribution in [0.1, 0.15) is 60.2 Å². The molecule has 0 radical (unpaired) electrons. The molecular weight excluding hydrogens is 426 g/mol. The molecule has 3 aromatic rings. The van der Waals surface area contributed by atoms with Crippen LogP contribution < -0.4 is 10.1 Å². The Labute approximate surface area is 202 Å². The van der Waals surface area contributed by atoms with E-state index in [1.165, 1.54) is 32.1 Å². The van der Waals surface area contributed by atoms with E-state index in [0.29, 0.717) is 19.1 Å². The normalized spacial score (nSPS) is 14.4. The second-order valence-electron chi connectivity index (χ2n) is 9.32. The van der Waals surface area contributed by atoms with E-state index in [0.717, 1.165) is 46.1 Å². The number of aromatic nitrogens is 1. The van der Waals surface area contributed by atoms with E-state index in [9.17, 15) is 4.79 Å². The fraction of sp³-hybridized carbons (Fsp3) is 0.429. The standard InChI is InChI=1S/C28H35N3O3/c1-20-26(21(2)34-30-20)19-33-25-15-13-22(14-16-25)17-28(32)29-27-12-8-7-9-23(27)18-31(3)24-10-5-4-6-11-24/h7-9,12-16,24H,4-6,10-11,17-19H2,1-3H3,(H,29,32). The number of hydrogen-bond donors (Lipinski definition) is 1. The largest absolute Gasteiger partial charge is 0.489 e. The fourth-order valence-electron chi connectivity index (χ4n) is 4.65. The molecule has 180 valence electrons. The average Bonchev–Trinajstić information content (AvgIpc) is 3.17. The van der Waals surface area contributed by atoms with Crippen molar-refractivity contribution in [2.45, 2.75) is 71.6 Å². The van der Waals surface area contributed by atoms with Crippen molar-refractivity contribution in [3.8, 4) is 5.75 Å². The number of nitrogens with one attached hydrogen (secondary N) is 1. The van der Waals surface area contributed by atoms with Crippen LogP contribution in [0.15, 0.2) is 53.1 Å². The molecule has 0 spiro atoms. The Kier molecular flexibility index (Phi) is 8.01. The molecule has 2 aromatic carbocycles. The van der Waals surface area contributed by atoms with Crippen LogP contribution in [0.4, 0.5) is 5.69 Å². The van der Waals surface area contributed by atoms with Gasteiger partial charge in [0.25, 0.3) is 0 Å². The zero-order chi connectivity index (χ0) is 23.9. The number of anilines is 1. The highest BCUT2D eigenvalue weighted by Crippen LogP contribution is 2.25. The summed E-state index contributed by atoms with van der Waals surface area (Å²) in [4.78, 5) is 15.2. The van der Waals surface area contributed by atoms with Crippen molar-refractivity contribution in [3.63, 3.8) is 0 Å². The molecule has 0 unspecified atom stereocenters. The topological polar surface area (TPSA) is 67.6 Å². The lowest BCUT2D eigenvalue weighted by atomic mass is 9.94. The Bertz CT molecular complexity index is 1070. The number of amides is 1. The van der Waals surface area contributed by atoms with Crippen LogP contribution in [0.3, 0.4) is 0 Å². The number of para-hydroxylation sites is 1. The smallest absolute Gasteiger partial charge is 0.228 e. The Morgan fingerprint density at radius 2 is 1.82 bits per heavy atom. The first-order valence-electron chi connectivity index (χ1n) is 12.2. The maximum Gasteiger partial charge on any atom is 0.228 e. The monoisotopic (exact) mass is 461 g/mol. The predicted molar refractivity (Wildman–Crippen MR) is 134 cm³/mol. The van der Waals surface area contributed by atoms with Gasteiger partial charge in [0.05, 0.1) is 17.7 Å². The second-order valence-corrected chi connectivity index (χ2v) is 9.32. The quantitative estimate of drug-likeness (QED) is 0.435. The SMILES string of the molecule is Cc1noc(C)c1COc1ccc(CC(=O)Nc2ccccc2CN(C)C2CCCCC2)cc1. The van der Waals surface area contributed by atoms with Crippen molar-refractivity contribution in [2.75, 3.05) is 12.4 Å². The number of carbonyl (C=O) groups excluding carboxylic acids is 1. The average molecular weight is 462 g/mol. The van der Waals surface area contributed by atoms with Crippen molar-refractivity contribution in [2.24, 2.45) is 0 Å². The number of hydrogen-bond acceptors (Lipinski definition) is 5. The van der Waals surface area contributed by atoms with Gasteiger partial charge in [0.2, 0.25) is 5.91 Å². The van der Waals surface area contributed by atoms with E-state index in [-0.39, 0.29) is 5.91 Å². The van der Waals surface area contributed by atoms with Crippen LogP contribution in [-0.2, 0) is 24.4 Å². The maximum absolute atomic E-state index is 12.8. The first-order chi connectivity index (χ1) is 16.5. The molecule has 6 heteroatoms. The van der Waals surface area contributed by atoms with Gasteiger partial charge in [-0.15, -0.1) is 0 Å². The van der Waals surface area contributed by atoms with Crippen molar-refractivity contribution >= 4 is 11.6 Å². The van der Waals surface area contributed by atoms with E-state index in [1.54, 1.807) is 0 Å². The van der Waals surface area contributed by atoms with E-state index in [4.69, 9.17) is 9.26 Å². The molecule has 1 aliphatic rings. The predicted octanol–water partition coefficient (Wildman–Crippen LogP) is 5.82. The van der Waals surface area contributed by atoms with Gasteiger partial charge in [-0.3, -0.25) is 9.69 Å². The number of carbonyl (C=O) groups is 1. The van der Waals surface area contributed by atoms with Crippen molar-refractivity contribution in [1.82, 2.24) is 10.1 Å². The fourth-order valence-corrected chi connectivity index (χ4v) is 4.65. The lowest BCUT2D eigenvalue weighted by molar-refractivity contribution is -0.115. The number of ether oxygens (including phenoxy) is 1. The Morgan fingerprint density at radius 3 is 2.53 bits per heavy atom. The minimum atomic E-state index is -0.0165. The van der Waals surface area contributed by atoms with Crippen molar-refractivity contribution in [1.29, 1.82) is 0 Å². The number of benzene rings is 2. The third kappa shape index (κ3) is 6.26.